The number of ketones is 1. The zero-order valence-electron chi connectivity index (χ0n) is 20.9. The molecule has 1 N–H and O–H groups in total. The summed E-state index contributed by atoms with van der Waals surface area (Å²) in [6.07, 6.45) is 3.30. The summed E-state index contributed by atoms with van der Waals surface area (Å²) < 4.78 is 6.84. The monoisotopic (exact) mass is 548 g/mol. The molecule has 1 aromatic heterocycles. The predicted octanol–water partition coefficient (Wildman–Crippen LogP) is 5.27. The Labute approximate surface area is 230 Å². The molecule has 0 spiro atoms. The van der Waals surface area contributed by atoms with E-state index in [2.05, 4.69) is 46.7 Å². The van der Waals surface area contributed by atoms with E-state index in [0.29, 0.717) is 5.13 Å². The fraction of sp³-hybridized carbons (Fsp3) is 0.0625. The molecule has 1 aliphatic heterocycles. The van der Waals surface area contributed by atoms with E-state index in [1.54, 1.807) is 11.9 Å². The Bertz CT molecular complexity index is 1590. The molecule has 5 nitrogen and oxygen atoms in total. The van der Waals surface area contributed by atoms with E-state index in [0.717, 1.165) is 26.1 Å². The highest BCUT2D eigenvalue weighted by atomic mass is 32.1. The number of benzene rings is 4. The number of nitrogens with one attached hydrogen (secondary N) is 1. The van der Waals surface area contributed by atoms with Crippen molar-refractivity contribution in [2.45, 2.75) is 12.0 Å². The number of nitrogens with zero attached hydrogens (tertiary/aromatic N) is 1. The number of fused-ring (bicyclic) bond motifs is 1. The molecule has 7 heteroatoms. The van der Waals surface area contributed by atoms with Crippen molar-refractivity contribution in [3.05, 3.63) is 128 Å². The van der Waals surface area contributed by atoms with Crippen molar-refractivity contribution >= 4 is 67.0 Å². The molecule has 0 fully saturated rings. The van der Waals surface area contributed by atoms with Crippen molar-refractivity contribution < 1.29 is 14.3 Å². The third kappa shape index (κ3) is 4.52. The Morgan fingerprint density at radius 2 is 1.33 bits per heavy atom. The van der Waals surface area contributed by atoms with Crippen molar-refractivity contribution in [1.82, 2.24) is 4.98 Å². The van der Waals surface area contributed by atoms with Crippen LogP contribution in [-0.4, -0.2) is 28.1 Å². The molecule has 5 aromatic rings. The number of rotatable bonds is 7. The fourth-order valence-electron chi connectivity index (χ4n) is 4.91. The zero-order chi connectivity index (χ0) is 26.7. The van der Waals surface area contributed by atoms with Crippen LogP contribution in [0.4, 0.5) is 5.13 Å². The van der Waals surface area contributed by atoms with Crippen molar-refractivity contribution in [3.63, 3.8) is 0 Å². The number of Topliss-reactive ketones (excluding diaryl/α,β-unsaturated/α-hetero) is 1. The van der Waals surface area contributed by atoms with Gasteiger partial charge >= 0.3 is 0 Å². The Morgan fingerprint density at radius 3 is 1.85 bits per heavy atom. The van der Waals surface area contributed by atoms with Gasteiger partial charge in [0.1, 0.15) is 0 Å². The lowest BCUT2D eigenvalue weighted by molar-refractivity contribution is -0.143. The van der Waals surface area contributed by atoms with Crippen LogP contribution >= 0.6 is 18.2 Å². The van der Waals surface area contributed by atoms with Gasteiger partial charge in [-0.05, 0) is 46.8 Å². The van der Waals surface area contributed by atoms with Crippen molar-refractivity contribution in [3.8, 4) is 0 Å². The van der Waals surface area contributed by atoms with Gasteiger partial charge < -0.3 is 4.74 Å². The summed E-state index contributed by atoms with van der Waals surface area (Å²) in [6, 6.07) is 37.8. The highest BCUT2D eigenvalue weighted by Crippen LogP contribution is 2.44. The van der Waals surface area contributed by atoms with Crippen LogP contribution in [0.3, 0.4) is 0 Å². The van der Waals surface area contributed by atoms with Crippen molar-refractivity contribution in [1.29, 1.82) is 0 Å². The number of amides is 1. The maximum atomic E-state index is 14.4. The molecule has 1 amide bonds. The van der Waals surface area contributed by atoms with Crippen LogP contribution in [0.1, 0.15) is 6.42 Å². The van der Waals surface area contributed by atoms with Crippen molar-refractivity contribution in [2.75, 3.05) is 5.32 Å². The van der Waals surface area contributed by atoms with Crippen molar-refractivity contribution in [2.24, 2.45) is 0 Å². The van der Waals surface area contributed by atoms with E-state index in [-0.39, 0.29) is 12.2 Å². The van der Waals surface area contributed by atoms with E-state index in [1.165, 1.54) is 17.6 Å². The Kier molecular flexibility index (Phi) is 6.74. The summed E-state index contributed by atoms with van der Waals surface area (Å²) >= 11 is 1.36. The Hall–Kier alpha value is -4.25. The zero-order valence-corrected chi connectivity index (χ0v) is 22.6. The normalized spacial score (nSPS) is 16.5. The van der Waals surface area contributed by atoms with Gasteiger partial charge in [0, 0.05) is 6.42 Å². The molecule has 0 bridgehead atoms. The lowest BCUT2D eigenvalue weighted by Crippen LogP contribution is -2.50. The van der Waals surface area contributed by atoms with Gasteiger partial charge in [-0.1, -0.05) is 114 Å². The minimum absolute atomic E-state index is 0.136. The second-order valence-corrected chi connectivity index (χ2v) is 13.5. The summed E-state index contributed by atoms with van der Waals surface area (Å²) in [5.41, 5.74) is -0.932. The minimum atomic E-state index is -2.63. The molecule has 0 radical (unpaired) electrons. The second-order valence-electron chi connectivity index (χ2n) is 9.18. The SMILES string of the molecule is O=C(C=P(c1ccccc1)(c1ccccc1)c1ccccc1)C1(C(=O)Nc2nc3ccccc3s2)CC=CO1. The molecule has 1 unspecified atom stereocenters. The largest absolute Gasteiger partial charge is 0.477 e. The number of carbonyl (C=O) groups excluding carboxylic acids is 2. The highest BCUT2D eigenvalue weighted by Gasteiger charge is 2.49. The second kappa shape index (κ2) is 10.5. The highest BCUT2D eigenvalue weighted by molar-refractivity contribution is 7.95. The average molecular weight is 549 g/mol. The lowest BCUT2D eigenvalue weighted by Gasteiger charge is -2.31. The van der Waals surface area contributed by atoms with Gasteiger partial charge in [0.15, 0.2) is 5.13 Å². The molecule has 1 aliphatic rings. The van der Waals surface area contributed by atoms with Gasteiger partial charge in [-0.3, -0.25) is 14.9 Å². The van der Waals surface area contributed by atoms with Crippen LogP contribution in [0.15, 0.2) is 128 Å². The number of hydrogen-bond acceptors (Lipinski definition) is 5. The molecular weight excluding hydrogens is 523 g/mol. The third-order valence-corrected chi connectivity index (χ3v) is 11.8. The average Bonchev–Trinajstić information content (AvgIpc) is 3.65. The summed E-state index contributed by atoms with van der Waals surface area (Å²) in [7, 11) is 0. The van der Waals surface area contributed by atoms with E-state index in [1.807, 2.05) is 78.9 Å². The lowest BCUT2D eigenvalue weighted by atomic mass is 9.95. The third-order valence-electron chi connectivity index (χ3n) is 6.85. The van der Waals surface area contributed by atoms with Crippen LogP contribution < -0.4 is 21.2 Å². The summed E-state index contributed by atoms with van der Waals surface area (Å²) in [6.45, 7) is -2.63. The van der Waals surface area contributed by atoms with Crippen LogP contribution in [0, 0.1) is 0 Å². The van der Waals surface area contributed by atoms with Gasteiger partial charge in [0.2, 0.25) is 5.78 Å². The molecule has 0 saturated heterocycles. The van der Waals surface area contributed by atoms with Gasteiger partial charge in [-0.15, -0.1) is 0 Å². The number of para-hydroxylation sites is 1. The smallest absolute Gasteiger partial charge is 0.278 e. The van der Waals surface area contributed by atoms with Crippen LogP contribution in [0.2, 0.25) is 0 Å². The fourth-order valence-corrected chi connectivity index (χ4v) is 9.60. The van der Waals surface area contributed by atoms with E-state index >= 15 is 0 Å². The maximum absolute atomic E-state index is 14.4. The molecule has 0 saturated carbocycles. The maximum Gasteiger partial charge on any atom is 0.278 e. The standard InChI is InChI=1S/C32H25N2O3PS/c35-29(32(21-12-22-37-32)30(36)34-31-33-27-19-10-11-20-28(27)39-31)23-38(24-13-4-1-5-14-24,25-15-6-2-7-16-25)26-17-8-3-9-18-26/h1-20,22-23H,21H2,(H,33,34,36). The molecule has 2 heterocycles. The van der Waals surface area contributed by atoms with E-state index < -0.39 is 18.4 Å². The summed E-state index contributed by atoms with van der Waals surface area (Å²) in [4.78, 5) is 32.8. The Morgan fingerprint density at radius 1 is 0.795 bits per heavy atom. The first-order chi connectivity index (χ1) is 19.1. The van der Waals surface area contributed by atoms with Crippen LogP contribution in [0.5, 0.6) is 0 Å². The minimum Gasteiger partial charge on any atom is -0.477 e. The van der Waals surface area contributed by atoms with Gasteiger partial charge in [-0.2, -0.15) is 0 Å². The summed E-state index contributed by atoms with van der Waals surface area (Å²) in [5, 5.41) is 6.36. The van der Waals surface area contributed by atoms with E-state index in [4.69, 9.17) is 4.74 Å². The topological polar surface area (TPSA) is 68.3 Å². The number of anilines is 1. The summed E-state index contributed by atoms with van der Waals surface area (Å²) in [5.74, 6) is 0.855. The molecule has 4 aromatic carbocycles. The van der Waals surface area contributed by atoms with Gasteiger partial charge in [0.25, 0.3) is 11.5 Å². The number of hydrogen-bond donors (Lipinski definition) is 1. The first-order valence-electron chi connectivity index (χ1n) is 12.6. The quantitative estimate of drug-likeness (QED) is 0.222. The van der Waals surface area contributed by atoms with E-state index in [9.17, 15) is 9.59 Å². The molecule has 0 aliphatic carbocycles. The number of aromatic nitrogens is 1. The van der Waals surface area contributed by atoms with Gasteiger partial charge in [0.05, 0.1) is 16.5 Å². The number of ether oxygens (including phenoxy) is 1. The molecule has 39 heavy (non-hydrogen) atoms. The van der Waals surface area contributed by atoms with Crippen LogP contribution in [0.25, 0.3) is 10.2 Å². The molecule has 1 atom stereocenters. The molecule has 192 valence electrons. The number of thiazole rings is 1. The first-order valence-corrected chi connectivity index (χ1v) is 15.3. The Balaban J connectivity index is 1.51. The predicted molar refractivity (Wildman–Crippen MR) is 162 cm³/mol. The molecule has 6 rings (SSSR count). The van der Waals surface area contributed by atoms with Gasteiger partial charge in [-0.25, -0.2) is 4.98 Å². The molecular formula is C32H25N2O3PS. The number of carbonyl (C=O) groups is 2. The first kappa shape index (κ1) is 25.1. The van der Waals surface area contributed by atoms with Crippen LogP contribution in [-0.2, 0) is 14.3 Å².